The zero-order chi connectivity index (χ0) is 13.8. The van der Waals surface area contributed by atoms with E-state index >= 15 is 0 Å². The van der Waals surface area contributed by atoms with Crippen LogP contribution in [0.1, 0.15) is 25.8 Å². The summed E-state index contributed by atoms with van der Waals surface area (Å²) < 4.78 is 23.7. The van der Waals surface area contributed by atoms with E-state index in [1.807, 2.05) is 26.0 Å². The summed E-state index contributed by atoms with van der Waals surface area (Å²) in [5.41, 5.74) is 6.61. The van der Waals surface area contributed by atoms with Gasteiger partial charge in [-0.15, -0.1) is 0 Å². The maximum Gasteiger partial charge on any atom is 0.178 e. The highest BCUT2D eigenvalue weighted by Crippen LogP contribution is 2.15. The number of hydrogen-bond acceptors (Lipinski definition) is 3. The average molecular weight is 285 g/mol. The molecule has 0 aliphatic rings. The number of rotatable bonds is 6. The molecular formula is C13H19NO2S2. The Kier molecular flexibility index (Phi) is 5.28. The van der Waals surface area contributed by atoms with Crippen LogP contribution >= 0.6 is 12.2 Å². The minimum atomic E-state index is -3.12. The maximum absolute atomic E-state index is 11.8. The normalized spacial score (nSPS) is 13.2. The van der Waals surface area contributed by atoms with Crippen LogP contribution < -0.4 is 5.73 Å². The highest BCUT2D eigenvalue weighted by Gasteiger charge is 2.13. The van der Waals surface area contributed by atoms with E-state index in [1.54, 1.807) is 12.1 Å². The molecule has 18 heavy (non-hydrogen) atoms. The van der Waals surface area contributed by atoms with E-state index < -0.39 is 9.84 Å². The predicted molar refractivity (Wildman–Crippen MR) is 78.4 cm³/mol. The molecular weight excluding hydrogens is 266 g/mol. The third-order valence-electron chi connectivity index (χ3n) is 2.78. The minimum Gasteiger partial charge on any atom is -0.393 e. The van der Waals surface area contributed by atoms with Crippen molar-refractivity contribution in [1.82, 2.24) is 0 Å². The van der Waals surface area contributed by atoms with Crippen molar-refractivity contribution in [3.8, 4) is 0 Å². The van der Waals surface area contributed by atoms with Crippen molar-refractivity contribution in [3.63, 3.8) is 0 Å². The van der Waals surface area contributed by atoms with E-state index in [0.717, 1.165) is 12.0 Å². The predicted octanol–water partition coefficient (Wildman–Crippen LogP) is 2.34. The highest BCUT2D eigenvalue weighted by atomic mass is 32.2. The molecule has 1 aromatic carbocycles. The summed E-state index contributed by atoms with van der Waals surface area (Å²) in [7, 11) is -3.12. The molecule has 0 radical (unpaired) electrons. The number of nitrogens with two attached hydrogens (primary N) is 1. The zero-order valence-corrected chi connectivity index (χ0v) is 12.4. The fraction of sp³-hybridized carbons (Fsp3) is 0.462. The fourth-order valence-corrected chi connectivity index (χ4v) is 3.08. The molecule has 0 aromatic heterocycles. The zero-order valence-electron chi connectivity index (χ0n) is 10.7. The van der Waals surface area contributed by atoms with Crippen LogP contribution in [0.5, 0.6) is 0 Å². The van der Waals surface area contributed by atoms with Gasteiger partial charge in [0.05, 0.1) is 15.6 Å². The largest absolute Gasteiger partial charge is 0.393 e. The van der Waals surface area contributed by atoms with Crippen LogP contribution in [0.2, 0.25) is 0 Å². The Bertz CT molecular complexity index is 506. The van der Waals surface area contributed by atoms with Gasteiger partial charge in [0, 0.05) is 5.92 Å². The number of thiocarbonyl (C=S) groups is 1. The van der Waals surface area contributed by atoms with Crippen LogP contribution in [0, 0.1) is 5.92 Å². The molecule has 1 aromatic rings. The van der Waals surface area contributed by atoms with Gasteiger partial charge in [-0.05, 0) is 30.5 Å². The number of sulfone groups is 1. The van der Waals surface area contributed by atoms with Gasteiger partial charge in [0.1, 0.15) is 0 Å². The second-order valence-electron chi connectivity index (χ2n) is 4.47. The summed E-state index contributed by atoms with van der Waals surface area (Å²) in [5.74, 6) is 0.313. The molecule has 0 bridgehead atoms. The first kappa shape index (κ1) is 15.1. The topological polar surface area (TPSA) is 60.2 Å². The summed E-state index contributed by atoms with van der Waals surface area (Å²) in [6.45, 7) is 3.82. The summed E-state index contributed by atoms with van der Waals surface area (Å²) in [6, 6.07) is 6.98. The van der Waals surface area contributed by atoms with E-state index in [1.165, 1.54) is 0 Å². The fourth-order valence-electron chi connectivity index (χ4n) is 1.67. The number of hydrogen-bond donors (Lipinski definition) is 1. The Morgan fingerprint density at radius 3 is 2.33 bits per heavy atom. The molecule has 1 unspecified atom stereocenters. The molecule has 0 heterocycles. The van der Waals surface area contributed by atoms with Crippen molar-refractivity contribution < 1.29 is 8.42 Å². The van der Waals surface area contributed by atoms with Gasteiger partial charge in [-0.3, -0.25) is 0 Å². The van der Waals surface area contributed by atoms with Gasteiger partial charge in [0.15, 0.2) is 9.84 Å². The maximum atomic E-state index is 11.8. The Labute approximate surface area is 114 Å². The van der Waals surface area contributed by atoms with E-state index in [9.17, 15) is 8.42 Å². The molecule has 5 heteroatoms. The lowest BCUT2D eigenvalue weighted by molar-refractivity contribution is 0.594. The first-order valence-corrected chi connectivity index (χ1v) is 8.04. The molecule has 0 aliphatic heterocycles. The Balaban J connectivity index is 2.84. The molecule has 1 atom stereocenters. The minimum absolute atomic E-state index is 0.123. The molecule has 0 saturated carbocycles. The van der Waals surface area contributed by atoms with Crippen molar-refractivity contribution in [2.75, 3.05) is 5.75 Å². The van der Waals surface area contributed by atoms with Crippen LogP contribution in [-0.4, -0.2) is 19.2 Å². The third kappa shape index (κ3) is 4.07. The van der Waals surface area contributed by atoms with Gasteiger partial charge >= 0.3 is 0 Å². The molecule has 1 rings (SSSR count). The Morgan fingerprint density at radius 1 is 1.33 bits per heavy atom. The van der Waals surface area contributed by atoms with E-state index in [0.29, 0.717) is 16.3 Å². The molecule has 3 nitrogen and oxygen atoms in total. The van der Waals surface area contributed by atoms with Gasteiger partial charge in [0.25, 0.3) is 0 Å². The van der Waals surface area contributed by atoms with Crippen molar-refractivity contribution in [2.24, 2.45) is 11.7 Å². The first-order valence-electron chi connectivity index (χ1n) is 5.98. The molecule has 0 fully saturated rings. The van der Waals surface area contributed by atoms with E-state index in [4.69, 9.17) is 18.0 Å². The quantitative estimate of drug-likeness (QED) is 0.815. The second kappa shape index (κ2) is 6.29. The SMILES string of the molecule is CCCS(=O)(=O)c1ccc(CC(C)C(N)=S)cc1. The molecule has 0 aliphatic carbocycles. The molecule has 0 amide bonds. The summed E-state index contributed by atoms with van der Waals surface area (Å²) in [6.07, 6.45) is 1.37. The Hall–Kier alpha value is -0.940. The lowest BCUT2D eigenvalue weighted by Gasteiger charge is -2.10. The molecule has 0 spiro atoms. The van der Waals surface area contributed by atoms with Gasteiger partial charge in [0.2, 0.25) is 0 Å². The monoisotopic (exact) mass is 285 g/mol. The lowest BCUT2D eigenvalue weighted by atomic mass is 10.0. The van der Waals surface area contributed by atoms with Crippen LogP contribution in [0.15, 0.2) is 29.2 Å². The summed E-state index contributed by atoms with van der Waals surface area (Å²) >= 11 is 4.92. The average Bonchev–Trinajstić information content (AvgIpc) is 2.29. The Morgan fingerprint density at radius 2 is 1.89 bits per heavy atom. The van der Waals surface area contributed by atoms with Gasteiger partial charge in [-0.1, -0.05) is 38.2 Å². The van der Waals surface area contributed by atoms with Crippen molar-refractivity contribution in [3.05, 3.63) is 29.8 Å². The van der Waals surface area contributed by atoms with Gasteiger partial charge in [-0.2, -0.15) is 0 Å². The number of benzene rings is 1. The molecule has 2 N–H and O–H groups in total. The standard InChI is InChI=1S/C13H19NO2S2/c1-3-8-18(15,16)12-6-4-11(5-7-12)9-10(2)13(14)17/h4-7,10H,3,8-9H2,1-2H3,(H2,14,17). The van der Waals surface area contributed by atoms with Crippen molar-refractivity contribution in [1.29, 1.82) is 0 Å². The van der Waals surface area contributed by atoms with Crippen LogP contribution in [0.3, 0.4) is 0 Å². The van der Waals surface area contributed by atoms with Crippen LogP contribution in [0.25, 0.3) is 0 Å². The van der Waals surface area contributed by atoms with Gasteiger partial charge < -0.3 is 5.73 Å². The second-order valence-corrected chi connectivity index (χ2v) is 7.05. The molecule has 100 valence electrons. The third-order valence-corrected chi connectivity index (χ3v) is 5.12. The molecule has 0 saturated heterocycles. The van der Waals surface area contributed by atoms with Crippen molar-refractivity contribution in [2.45, 2.75) is 31.6 Å². The van der Waals surface area contributed by atoms with Crippen LogP contribution in [-0.2, 0) is 16.3 Å². The van der Waals surface area contributed by atoms with E-state index in [-0.39, 0.29) is 11.7 Å². The smallest absolute Gasteiger partial charge is 0.178 e. The first-order chi connectivity index (χ1) is 8.36. The summed E-state index contributed by atoms with van der Waals surface area (Å²) in [4.78, 5) is 0.869. The van der Waals surface area contributed by atoms with Crippen molar-refractivity contribution >= 4 is 27.0 Å². The van der Waals surface area contributed by atoms with Gasteiger partial charge in [-0.25, -0.2) is 8.42 Å². The van der Waals surface area contributed by atoms with E-state index in [2.05, 4.69) is 0 Å². The summed E-state index contributed by atoms with van der Waals surface area (Å²) in [5, 5.41) is 0. The highest BCUT2D eigenvalue weighted by molar-refractivity contribution is 7.91. The lowest BCUT2D eigenvalue weighted by Crippen LogP contribution is -2.20. The van der Waals surface area contributed by atoms with Crippen LogP contribution in [0.4, 0.5) is 0 Å².